The molecular formula is C13H20N4O2. The number of carbonyl (C=O) groups is 1. The Labute approximate surface area is 113 Å². The Balaban J connectivity index is 2.19. The lowest BCUT2D eigenvalue weighted by Gasteiger charge is -2.40. The maximum absolute atomic E-state index is 12.2. The van der Waals surface area contributed by atoms with Crippen LogP contribution >= 0.6 is 0 Å². The van der Waals surface area contributed by atoms with E-state index in [1.165, 1.54) is 0 Å². The Bertz CT molecular complexity index is 477. The molecule has 1 aromatic heterocycles. The van der Waals surface area contributed by atoms with Crippen molar-refractivity contribution in [2.45, 2.75) is 19.4 Å². The maximum atomic E-state index is 12.2. The molecule has 0 saturated carbocycles. The molecule has 19 heavy (non-hydrogen) atoms. The average molecular weight is 264 g/mol. The van der Waals surface area contributed by atoms with Crippen molar-refractivity contribution in [3.63, 3.8) is 0 Å². The number of nitrogens with zero attached hydrogens (tertiary/aromatic N) is 4. The van der Waals surface area contributed by atoms with Crippen molar-refractivity contribution in [3.05, 3.63) is 18.1 Å². The minimum atomic E-state index is -0.819. The molecule has 1 aliphatic heterocycles. The van der Waals surface area contributed by atoms with Crippen LogP contribution in [0.2, 0.25) is 0 Å². The highest BCUT2D eigenvalue weighted by Gasteiger charge is 2.40. The van der Waals surface area contributed by atoms with Crippen LogP contribution in [-0.4, -0.2) is 60.2 Å². The molecule has 2 heterocycles. The van der Waals surface area contributed by atoms with Crippen LogP contribution in [0.5, 0.6) is 0 Å². The number of morpholine rings is 1. The second kappa shape index (κ2) is 5.13. The molecule has 1 unspecified atom stereocenters. The zero-order valence-electron chi connectivity index (χ0n) is 11.9. The molecule has 2 rings (SSSR count). The van der Waals surface area contributed by atoms with E-state index < -0.39 is 5.60 Å². The van der Waals surface area contributed by atoms with Gasteiger partial charge < -0.3 is 14.5 Å². The third kappa shape index (κ3) is 2.84. The van der Waals surface area contributed by atoms with Gasteiger partial charge in [0.15, 0.2) is 5.60 Å². The average Bonchev–Trinajstić information content (AvgIpc) is 2.38. The largest absolute Gasteiger partial charge is 0.362 e. The summed E-state index contributed by atoms with van der Waals surface area (Å²) in [6.45, 7) is 5.43. The summed E-state index contributed by atoms with van der Waals surface area (Å²) < 4.78 is 5.69. The molecule has 6 nitrogen and oxygen atoms in total. The van der Waals surface area contributed by atoms with Gasteiger partial charge in [0.2, 0.25) is 0 Å². The van der Waals surface area contributed by atoms with Crippen molar-refractivity contribution in [1.29, 1.82) is 0 Å². The van der Waals surface area contributed by atoms with E-state index in [2.05, 4.69) is 14.9 Å². The second-order valence-electron chi connectivity index (χ2n) is 5.16. The summed E-state index contributed by atoms with van der Waals surface area (Å²) >= 11 is 0. The molecule has 1 aliphatic rings. The minimum Gasteiger partial charge on any atom is -0.362 e. The highest BCUT2D eigenvalue weighted by Crippen LogP contribution is 2.23. The lowest BCUT2D eigenvalue weighted by molar-refractivity contribution is -0.155. The van der Waals surface area contributed by atoms with Crippen LogP contribution in [0.25, 0.3) is 0 Å². The van der Waals surface area contributed by atoms with Gasteiger partial charge >= 0.3 is 0 Å². The Kier molecular flexibility index (Phi) is 3.71. The number of amides is 1. The van der Waals surface area contributed by atoms with Gasteiger partial charge in [-0.3, -0.25) is 4.79 Å². The summed E-state index contributed by atoms with van der Waals surface area (Å²) in [6, 6.07) is 1.86. The zero-order valence-corrected chi connectivity index (χ0v) is 11.9. The van der Waals surface area contributed by atoms with Crippen LogP contribution < -0.4 is 4.90 Å². The van der Waals surface area contributed by atoms with Crippen LogP contribution in [0.1, 0.15) is 12.7 Å². The molecule has 1 atom stereocenters. The summed E-state index contributed by atoms with van der Waals surface area (Å²) in [5.41, 5.74) is -0.819. The highest BCUT2D eigenvalue weighted by atomic mass is 16.5. The second-order valence-corrected chi connectivity index (χ2v) is 5.16. The molecule has 0 aliphatic carbocycles. The molecule has 104 valence electrons. The Morgan fingerprint density at radius 1 is 1.53 bits per heavy atom. The number of carbonyl (C=O) groups excluding carboxylic acids is 1. The summed E-state index contributed by atoms with van der Waals surface area (Å²) in [5, 5.41) is 0. The molecule has 1 saturated heterocycles. The molecule has 1 fully saturated rings. The molecule has 6 heteroatoms. The van der Waals surface area contributed by atoms with E-state index in [4.69, 9.17) is 4.74 Å². The van der Waals surface area contributed by atoms with Gasteiger partial charge in [-0.25, -0.2) is 9.97 Å². The van der Waals surface area contributed by atoms with Crippen molar-refractivity contribution >= 4 is 11.7 Å². The number of hydrogen-bond acceptors (Lipinski definition) is 5. The molecule has 1 aromatic rings. The van der Waals surface area contributed by atoms with E-state index >= 15 is 0 Å². The molecule has 0 radical (unpaired) electrons. The number of hydrogen-bond donors (Lipinski definition) is 0. The molecule has 0 N–H and O–H groups in total. The van der Waals surface area contributed by atoms with Gasteiger partial charge in [0.05, 0.1) is 13.2 Å². The number of likely N-dealkylation sites (N-methyl/N-ethyl adjacent to an activating group) is 1. The van der Waals surface area contributed by atoms with Crippen molar-refractivity contribution in [2.24, 2.45) is 0 Å². The standard InChI is InChI=1S/C13H20N4O2/c1-10-14-6-5-11(15-10)17-7-8-19-13(2,9-17)12(18)16(3)4/h5-6H,7-9H2,1-4H3. The van der Waals surface area contributed by atoms with Crippen LogP contribution in [0.15, 0.2) is 12.3 Å². The molecule has 1 amide bonds. The molecule has 0 bridgehead atoms. The van der Waals surface area contributed by atoms with Crippen molar-refractivity contribution in [3.8, 4) is 0 Å². The summed E-state index contributed by atoms with van der Waals surface area (Å²) in [5.74, 6) is 1.54. The number of ether oxygens (including phenoxy) is 1. The zero-order chi connectivity index (χ0) is 14.0. The third-order valence-corrected chi connectivity index (χ3v) is 3.22. The smallest absolute Gasteiger partial charge is 0.255 e. The normalized spacial score (nSPS) is 23.3. The summed E-state index contributed by atoms with van der Waals surface area (Å²) in [6.07, 6.45) is 1.73. The van der Waals surface area contributed by atoms with Crippen LogP contribution in [0, 0.1) is 6.92 Å². The fourth-order valence-electron chi connectivity index (χ4n) is 2.29. The lowest BCUT2D eigenvalue weighted by Crippen LogP contribution is -2.58. The van der Waals surface area contributed by atoms with Gasteiger partial charge in [-0.1, -0.05) is 0 Å². The first-order valence-electron chi connectivity index (χ1n) is 6.33. The minimum absolute atomic E-state index is 0.0250. The predicted molar refractivity (Wildman–Crippen MR) is 72.0 cm³/mol. The fourth-order valence-corrected chi connectivity index (χ4v) is 2.29. The number of anilines is 1. The summed E-state index contributed by atoms with van der Waals surface area (Å²) in [4.78, 5) is 24.3. The quantitative estimate of drug-likeness (QED) is 0.777. The van der Waals surface area contributed by atoms with Gasteiger partial charge in [0.25, 0.3) is 5.91 Å². The first kappa shape index (κ1) is 13.7. The van der Waals surface area contributed by atoms with Crippen molar-refractivity contribution in [1.82, 2.24) is 14.9 Å². The van der Waals surface area contributed by atoms with E-state index in [1.54, 1.807) is 25.2 Å². The van der Waals surface area contributed by atoms with Crippen molar-refractivity contribution < 1.29 is 9.53 Å². The van der Waals surface area contributed by atoms with Gasteiger partial charge in [0.1, 0.15) is 11.6 Å². The van der Waals surface area contributed by atoms with E-state index in [0.717, 1.165) is 18.2 Å². The Hall–Kier alpha value is -1.69. The van der Waals surface area contributed by atoms with Gasteiger partial charge in [-0.2, -0.15) is 0 Å². The van der Waals surface area contributed by atoms with Gasteiger partial charge in [-0.05, 0) is 19.9 Å². The van der Waals surface area contributed by atoms with E-state index in [9.17, 15) is 4.79 Å². The lowest BCUT2D eigenvalue weighted by atomic mass is 10.0. The Morgan fingerprint density at radius 2 is 2.26 bits per heavy atom. The first-order valence-corrected chi connectivity index (χ1v) is 6.33. The monoisotopic (exact) mass is 264 g/mol. The van der Waals surface area contributed by atoms with E-state index in [1.807, 2.05) is 19.9 Å². The SMILES string of the molecule is Cc1nccc(N2CCOC(C)(C(=O)N(C)C)C2)n1. The van der Waals surface area contributed by atoms with Gasteiger partial charge in [-0.15, -0.1) is 0 Å². The number of aryl methyl sites for hydroxylation is 1. The van der Waals surface area contributed by atoms with Crippen molar-refractivity contribution in [2.75, 3.05) is 38.7 Å². The van der Waals surface area contributed by atoms with Crippen LogP contribution in [-0.2, 0) is 9.53 Å². The van der Waals surface area contributed by atoms with Gasteiger partial charge in [0, 0.05) is 26.8 Å². The number of rotatable bonds is 2. The molecule has 0 aromatic carbocycles. The fraction of sp³-hybridized carbons (Fsp3) is 0.615. The molecule has 0 spiro atoms. The van der Waals surface area contributed by atoms with Crippen LogP contribution in [0.4, 0.5) is 5.82 Å². The molecular weight excluding hydrogens is 244 g/mol. The maximum Gasteiger partial charge on any atom is 0.255 e. The first-order chi connectivity index (χ1) is 8.92. The van der Waals surface area contributed by atoms with E-state index in [-0.39, 0.29) is 5.91 Å². The highest BCUT2D eigenvalue weighted by molar-refractivity contribution is 5.85. The topological polar surface area (TPSA) is 58.6 Å². The predicted octanol–water partition coefficient (Wildman–Crippen LogP) is 0.469. The third-order valence-electron chi connectivity index (χ3n) is 3.22. The Morgan fingerprint density at radius 3 is 2.89 bits per heavy atom. The van der Waals surface area contributed by atoms with E-state index in [0.29, 0.717) is 13.2 Å². The number of aromatic nitrogens is 2. The summed E-state index contributed by atoms with van der Waals surface area (Å²) in [7, 11) is 3.48. The van der Waals surface area contributed by atoms with Crippen LogP contribution in [0.3, 0.4) is 0 Å².